The second-order valence-electron chi connectivity index (χ2n) is 3.34. The first kappa shape index (κ1) is 13.9. The molecule has 1 atom stereocenters. The number of aliphatic carboxylic acids is 1. The van der Waals surface area contributed by atoms with E-state index in [1.165, 1.54) is 4.90 Å². The van der Waals surface area contributed by atoms with Gasteiger partial charge in [0.25, 0.3) is 0 Å². The molecular weight excluding hydrogens is 202 g/mol. The van der Waals surface area contributed by atoms with Crippen LogP contribution in [-0.2, 0) is 14.3 Å². The van der Waals surface area contributed by atoms with Gasteiger partial charge < -0.3 is 19.8 Å². The van der Waals surface area contributed by atoms with Crippen LogP contribution in [0.3, 0.4) is 0 Å². The van der Waals surface area contributed by atoms with E-state index in [9.17, 15) is 9.59 Å². The molecule has 0 aliphatic carbocycles. The number of carboxylic acids is 1. The lowest BCUT2D eigenvalue weighted by Gasteiger charge is -2.17. The lowest BCUT2D eigenvalue weighted by atomic mass is 10.3. The zero-order valence-corrected chi connectivity index (χ0v) is 8.97. The van der Waals surface area contributed by atoms with Crippen molar-refractivity contribution in [3.8, 4) is 0 Å². The number of amides is 1. The van der Waals surface area contributed by atoms with Crippen LogP contribution in [0.4, 0.5) is 0 Å². The summed E-state index contributed by atoms with van der Waals surface area (Å²) in [6.45, 7) is 1.34. The summed E-state index contributed by atoms with van der Waals surface area (Å²) >= 11 is 0. The summed E-state index contributed by atoms with van der Waals surface area (Å²) in [7, 11) is 1.58. The molecule has 0 spiro atoms. The predicted octanol–water partition coefficient (Wildman–Crippen LogP) is -0.683. The van der Waals surface area contributed by atoms with Gasteiger partial charge in [0, 0.05) is 13.6 Å². The lowest BCUT2D eigenvalue weighted by molar-refractivity contribution is -0.145. The van der Waals surface area contributed by atoms with E-state index in [0.29, 0.717) is 13.0 Å². The largest absolute Gasteiger partial charge is 0.480 e. The van der Waals surface area contributed by atoms with Crippen LogP contribution in [0.1, 0.15) is 13.3 Å². The minimum absolute atomic E-state index is 0.247. The van der Waals surface area contributed by atoms with Crippen LogP contribution in [0.25, 0.3) is 0 Å². The van der Waals surface area contributed by atoms with E-state index < -0.39 is 18.7 Å². The van der Waals surface area contributed by atoms with Crippen molar-refractivity contribution >= 4 is 11.9 Å². The van der Waals surface area contributed by atoms with Crippen molar-refractivity contribution in [1.82, 2.24) is 4.90 Å². The van der Waals surface area contributed by atoms with Gasteiger partial charge in [0.2, 0.25) is 5.91 Å². The van der Waals surface area contributed by atoms with Gasteiger partial charge in [-0.3, -0.25) is 4.79 Å². The molecule has 0 fully saturated rings. The average molecular weight is 219 g/mol. The maximum absolute atomic E-state index is 11.3. The summed E-state index contributed by atoms with van der Waals surface area (Å²) in [6, 6.07) is 0. The molecule has 0 saturated heterocycles. The van der Waals surface area contributed by atoms with Crippen LogP contribution in [0.5, 0.6) is 0 Å². The number of aliphatic hydroxyl groups excluding tert-OH is 1. The molecule has 6 heteroatoms. The minimum Gasteiger partial charge on any atom is -0.480 e. The molecular formula is C9H17NO5. The number of nitrogens with zero attached hydrogens (tertiary/aromatic N) is 1. The van der Waals surface area contributed by atoms with Gasteiger partial charge in [-0.05, 0) is 13.3 Å². The Hall–Kier alpha value is -1.14. The molecule has 1 amide bonds. The van der Waals surface area contributed by atoms with E-state index in [1.807, 2.05) is 0 Å². The molecule has 0 aliphatic rings. The van der Waals surface area contributed by atoms with Crippen LogP contribution in [0.15, 0.2) is 0 Å². The number of carbonyl (C=O) groups excluding carboxylic acids is 1. The van der Waals surface area contributed by atoms with Crippen LogP contribution < -0.4 is 0 Å². The van der Waals surface area contributed by atoms with E-state index in [4.69, 9.17) is 10.2 Å². The monoisotopic (exact) mass is 219 g/mol. The van der Waals surface area contributed by atoms with Crippen LogP contribution in [0.2, 0.25) is 0 Å². The van der Waals surface area contributed by atoms with Crippen LogP contribution in [-0.4, -0.2) is 59.9 Å². The highest BCUT2D eigenvalue weighted by Gasteiger charge is 2.10. The number of hydrogen-bond acceptors (Lipinski definition) is 4. The number of aliphatic hydroxyl groups is 1. The standard InChI is InChI=1S/C9H17NO5/c1-7(11)3-4-10(2)8(12)5-15-6-9(13)14/h7,11H,3-6H2,1-2H3,(H,13,14). The fourth-order valence-corrected chi connectivity index (χ4v) is 0.841. The molecule has 1 unspecified atom stereocenters. The molecule has 0 aliphatic heterocycles. The molecule has 0 heterocycles. The number of likely N-dealkylation sites (N-methyl/N-ethyl adjacent to an activating group) is 1. The number of carboxylic acid groups (broad SMARTS) is 1. The average Bonchev–Trinajstić information content (AvgIpc) is 2.13. The van der Waals surface area contributed by atoms with Crippen LogP contribution >= 0.6 is 0 Å². The summed E-state index contributed by atoms with van der Waals surface area (Å²) in [5, 5.41) is 17.2. The second kappa shape index (κ2) is 7.19. The van der Waals surface area contributed by atoms with Gasteiger partial charge in [-0.25, -0.2) is 4.79 Å². The third-order valence-electron chi connectivity index (χ3n) is 1.76. The molecule has 15 heavy (non-hydrogen) atoms. The van der Waals surface area contributed by atoms with Gasteiger partial charge in [0.1, 0.15) is 13.2 Å². The van der Waals surface area contributed by atoms with E-state index in [2.05, 4.69) is 4.74 Å². The van der Waals surface area contributed by atoms with Gasteiger partial charge in [0.15, 0.2) is 0 Å². The van der Waals surface area contributed by atoms with Gasteiger partial charge >= 0.3 is 5.97 Å². The second-order valence-corrected chi connectivity index (χ2v) is 3.34. The van der Waals surface area contributed by atoms with Crippen molar-refractivity contribution in [2.75, 3.05) is 26.8 Å². The van der Waals surface area contributed by atoms with E-state index >= 15 is 0 Å². The molecule has 0 aromatic carbocycles. The predicted molar refractivity (Wildman–Crippen MR) is 52.4 cm³/mol. The van der Waals surface area contributed by atoms with E-state index in [1.54, 1.807) is 14.0 Å². The number of ether oxygens (including phenoxy) is 1. The molecule has 6 nitrogen and oxygen atoms in total. The zero-order valence-electron chi connectivity index (χ0n) is 8.97. The Morgan fingerprint density at radius 2 is 2.00 bits per heavy atom. The third kappa shape index (κ3) is 7.90. The topological polar surface area (TPSA) is 87.1 Å². The van der Waals surface area contributed by atoms with Crippen molar-refractivity contribution in [3.63, 3.8) is 0 Å². The number of hydrogen-bond donors (Lipinski definition) is 2. The summed E-state index contributed by atoms with van der Waals surface area (Å²) in [4.78, 5) is 22.7. The highest BCUT2D eigenvalue weighted by atomic mass is 16.5. The molecule has 0 rings (SSSR count). The molecule has 2 N–H and O–H groups in total. The maximum atomic E-state index is 11.3. The first-order valence-corrected chi connectivity index (χ1v) is 4.65. The SMILES string of the molecule is CC(O)CCN(C)C(=O)COCC(=O)O. The fourth-order valence-electron chi connectivity index (χ4n) is 0.841. The third-order valence-corrected chi connectivity index (χ3v) is 1.76. The molecule has 0 radical (unpaired) electrons. The summed E-state index contributed by atoms with van der Waals surface area (Å²) in [6.07, 6.45) is 0.0291. The summed E-state index contributed by atoms with van der Waals surface area (Å²) < 4.78 is 4.63. The molecule has 0 aromatic heterocycles. The van der Waals surface area contributed by atoms with Crippen molar-refractivity contribution in [2.24, 2.45) is 0 Å². The van der Waals surface area contributed by atoms with Gasteiger partial charge in [0.05, 0.1) is 6.10 Å². The number of rotatable bonds is 7. The first-order valence-electron chi connectivity index (χ1n) is 4.65. The minimum atomic E-state index is -1.10. The Morgan fingerprint density at radius 1 is 1.40 bits per heavy atom. The zero-order chi connectivity index (χ0) is 11.8. The quantitative estimate of drug-likeness (QED) is 0.592. The highest BCUT2D eigenvalue weighted by Crippen LogP contribution is 1.94. The maximum Gasteiger partial charge on any atom is 0.329 e. The normalized spacial score (nSPS) is 12.2. The van der Waals surface area contributed by atoms with Crippen molar-refractivity contribution < 1.29 is 24.5 Å². The highest BCUT2D eigenvalue weighted by molar-refractivity contribution is 5.77. The molecule has 0 bridgehead atoms. The first-order chi connectivity index (χ1) is 6.93. The molecule has 0 saturated carbocycles. The van der Waals surface area contributed by atoms with Crippen LogP contribution in [0, 0.1) is 0 Å². The van der Waals surface area contributed by atoms with Gasteiger partial charge in [-0.2, -0.15) is 0 Å². The van der Waals surface area contributed by atoms with Gasteiger partial charge in [-0.15, -0.1) is 0 Å². The van der Waals surface area contributed by atoms with E-state index in [-0.39, 0.29) is 12.5 Å². The Morgan fingerprint density at radius 3 is 2.47 bits per heavy atom. The Labute approximate surface area is 88.4 Å². The molecule has 88 valence electrons. The Kier molecular flexibility index (Phi) is 6.64. The molecule has 0 aromatic rings. The summed E-state index contributed by atoms with van der Waals surface area (Å²) in [5.74, 6) is -1.40. The van der Waals surface area contributed by atoms with Crippen molar-refractivity contribution in [2.45, 2.75) is 19.4 Å². The fraction of sp³-hybridized carbons (Fsp3) is 0.778. The lowest BCUT2D eigenvalue weighted by Crippen LogP contribution is -2.33. The Balaban J connectivity index is 3.64. The van der Waals surface area contributed by atoms with E-state index in [0.717, 1.165) is 0 Å². The Bertz CT molecular complexity index is 217. The number of carbonyl (C=O) groups is 2. The van der Waals surface area contributed by atoms with Crippen molar-refractivity contribution in [3.05, 3.63) is 0 Å². The smallest absolute Gasteiger partial charge is 0.329 e. The van der Waals surface area contributed by atoms with Crippen molar-refractivity contribution in [1.29, 1.82) is 0 Å². The summed E-state index contributed by atoms with van der Waals surface area (Å²) in [5.41, 5.74) is 0. The van der Waals surface area contributed by atoms with Gasteiger partial charge in [-0.1, -0.05) is 0 Å².